The number of hydrogen-bond donors (Lipinski definition) is 0. The van der Waals surface area contributed by atoms with E-state index in [0.717, 1.165) is 17.1 Å². The number of nitrogens with zero attached hydrogens (tertiary/aromatic N) is 2. The lowest BCUT2D eigenvalue weighted by molar-refractivity contribution is 0.581. The van der Waals surface area contributed by atoms with Crippen molar-refractivity contribution in [1.29, 1.82) is 0 Å². The fourth-order valence-corrected chi connectivity index (χ4v) is 1.34. The van der Waals surface area contributed by atoms with Crippen LogP contribution in [0.25, 0.3) is 0 Å². The van der Waals surface area contributed by atoms with Crippen molar-refractivity contribution in [2.75, 3.05) is 14.1 Å². The third-order valence-electron chi connectivity index (χ3n) is 2.17. The van der Waals surface area contributed by atoms with E-state index < -0.39 is 0 Å². The zero-order valence-electron chi connectivity index (χ0n) is 9.84. The molecule has 0 amide bonds. The molecule has 0 heterocycles. The van der Waals surface area contributed by atoms with Gasteiger partial charge in [0.2, 0.25) is 0 Å². The summed E-state index contributed by atoms with van der Waals surface area (Å²) in [4.78, 5) is 6.11. The third kappa shape index (κ3) is 5.43. The number of amidine groups is 1. The summed E-state index contributed by atoms with van der Waals surface area (Å²) in [6.45, 7) is 6.60. The molecule has 0 saturated carbocycles. The van der Waals surface area contributed by atoms with E-state index in [2.05, 4.69) is 47.8 Å². The van der Waals surface area contributed by atoms with Crippen LogP contribution in [-0.2, 0) is 0 Å². The van der Waals surface area contributed by atoms with Gasteiger partial charge < -0.3 is 4.90 Å². The van der Waals surface area contributed by atoms with Crippen LogP contribution >= 0.6 is 15.9 Å². The summed E-state index contributed by atoms with van der Waals surface area (Å²) in [6.07, 6.45) is 4.64. The van der Waals surface area contributed by atoms with Crippen LogP contribution < -0.4 is 0 Å². The molecule has 0 aromatic heterocycles. The standard InChI is InChI=1S/C11H21BrN2/c1-9(2)7-6-8-10(3)14(5)11(12)13-4/h8-9H,6-7H2,1-5H3/b10-8+,13-11-. The highest BCUT2D eigenvalue weighted by molar-refractivity contribution is 9.18. The van der Waals surface area contributed by atoms with E-state index in [0.29, 0.717) is 0 Å². The topological polar surface area (TPSA) is 15.6 Å². The summed E-state index contributed by atoms with van der Waals surface area (Å²) in [5.41, 5.74) is 1.24. The number of hydrogen-bond acceptors (Lipinski definition) is 1. The Labute approximate surface area is 96.2 Å². The van der Waals surface area contributed by atoms with Crippen molar-refractivity contribution in [1.82, 2.24) is 4.90 Å². The second kappa shape index (κ2) is 7.04. The molecular formula is C11H21BrN2. The molecule has 0 atom stereocenters. The van der Waals surface area contributed by atoms with Gasteiger partial charge in [0.1, 0.15) is 0 Å². The smallest absolute Gasteiger partial charge is 0.172 e. The molecule has 2 nitrogen and oxygen atoms in total. The average Bonchev–Trinajstić information content (AvgIpc) is 2.14. The number of aliphatic imine (C=N–C) groups is 1. The molecule has 0 aromatic carbocycles. The van der Waals surface area contributed by atoms with E-state index in [1.807, 2.05) is 11.9 Å². The van der Waals surface area contributed by atoms with Crippen molar-refractivity contribution in [2.45, 2.75) is 33.6 Å². The molecule has 0 spiro atoms. The molecule has 14 heavy (non-hydrogen) atoms. The quantitative estimate of drug-likeness (QED) is 0.428. The molecule has 82 valence electrons. The summed E-state index contributed by atoms with van der Waals surface area (Å²) in [5, 5.41) is 0. The lowest BCUT2D eigenvalue weighted by atomic mass is 10.1. The van der Waals surface area contributed by atoms with E-state index in [4.69, 9.17) is 0 Å². The monoisotopic (exact) mass is 260 g/mol. The zero-order chi connectivity index (χ0) is 11.1. The van der Waals surface area contributed by atoms with Gasteiger partial charge in [-0.3, -0.25) is 4.99 Å². The van der Waals surface area contributed by atoms with Crippen LogP contribution in [0.2, 0.25) is 0 Å². The van der Waals surface area contributed by atoms with Gasteiger partial charge in [0.25, 0.3) is 0 Å². The average molecular weight is 261 g/mol. The molecule has 0 rings (SSSR count). The highest BCUT2D eigenvalue weighted by Crippen LogP contribution is 2.10. The Morgan fingerprint density at radius 1 is 1.50 bits per heavy atom. The second-order valence-corrected chi connectivity index (χ2v) is 4.58. The van der Waals surface area contributed by atoms with Gasteiger partial charge in [-0.05, 0) is 41.6 Å². The van der Waals surface area contributed by atoms with Crippen LogP contribution in [0.3, 0.4) is 0 Å². The molecule has 0 aliphatic heterocycles. The maximum atomic E-state index is 4.07. The largest absolute Gasteiger partial charge is 0.328 e. The van der Waals surface area contributed by atoms with Crippen molar-refractivity contribution in [3.05, 3.63) is 11.8 Å². The van der Waals surface area contributed by atoms with Crippen LogP contribution in [0.5, 0.6) is 0 Å². The Balaban J connectivity index is 4.10. The first-order valence-corrected chi connectivity index (χ1v) is 5.81. The first-order chi connectivity index (χ1) is 6.49. The fourth-order valence-electron chi connectivity index (χ4n) is 1.06. The molecule has 0 radical (unpaired) electrons. The van der Waals surface area contributed by atoms with Crippen molar-refractivity contribution in [3.8, 4) is 0 Å². The number of allylic oxidation sites excluding steroid dienone is 2. The van der Waals surface area contributed by atoms with Gasteiger partial charge in [-0.1, -0.05) is 19.9 Å². The maximum Gasteiger partial charge on any atom is 0.172 e. The first-order valence-electron chi connectivity index (χ1n) is 5.01. The van der Waals surface area contributed by atoms with Crippen molar-refractivity contribution < 1.29 is 0 Å². The van der Waals surface area contributed by atoms with Gasteiger partial charge in [0.05, 0.1) is 0 Å². The highest BCUT2D eigenvalue weighted by atomic mass is 79.9. The maximum absolute atomic E-state index is 4.07. The Kier molecular flexibility index (Phi) is 6.89. The minimum atomic E-state index is 0.771. The molecule has 0 aliphatic carbocycles. The molecule has 0 aromatic rings. The summed E-state index contributed by atoms with van der Waals surface area (Å²) in [5.74, 6) is 0.771. The van der Waals surface area contributed by atoms with E-state index in [1.165, 1.54) is 12.1 Å². The van der Waals surface area contributed by atoms with E-state index in [-0.39, 0.29) is 0 Å². The molecular weight excluding hydrogens is 240 g/mol. The summed E-state index contributed by atoms with van der Waals surface area (Å²) in [6, 6.07) is 0. The number of halogens is 1. The zero-order valence-corrected chi connectivity index (χ0v) is 11.4. The molecule has 0 aliphatic rings. The van der Waals surface area contributed by atoms with Gasteiger partial charge in [0, 0.05) is 19.8 Å². The van der Waals surface area contributed by atoms with Crippen LogP contribution in [0, 0.1) is 5.92 Å². The Bertz CT molecular complexity index is 219. The Morgan fingerprint density at radius 2 is 2.07 bits per heavy atom. The lowest BCUT2D eigenvalue weighted by Gasteiger charge is -2.17. The predicted molar refractivity (Wildman–Crippen MR) is 67.9 cm³/mol. The minimum Gasteiger partial charge on any atom is -0.328 e. The Morgan fingerprint density at radius 3 is 2.50 bits per heavy atom. The Hall–Kier alpha value is -0.310. The van der Waals surface area contributed by atoms with Gasteiger partial charge in [-0.15, -0.1) is 0 Å². The van der Waals surface area contributed by atoms with E-state index in [9.17, 15) is 0 Å². The van der Waals surface area contributed by atoms with Crippen LogP contribution in [0.15, 0.2) is 16.8 Å². The van der Waals surface area contributed by atoms with Crippen LogP contribution in [0.1, 0.15) is 33.6 Å². The summed E-state index contributed by atoms with van der Waals surface area (Å²) >= 11 is 3.40. The molecule has 0 fully saturated rings. The molecule has 3 heteroatoms. The molecule has 0 saturated heterocycles. The van der Waals surface area contributed by atoms with E-state index >= 15 is 0 Å². The predicted octanol–water partition coefficient (Wildman–Crippen LogP) is 3.64. The van der Waals surface area contributed by atoms with Gasteiger partial charge in [0.15, 0.2) is 4.74 Å². The first kappa shape index (κ1) is 13.7. The summed E-state index contributed by atoms with van der Waals surface area (Å²) in [7, 11) is 3.79. The SMILES string of the molecule is C/N=C(/Br)N(C)/C(C)=C/CCC(C)C. The van der Waals surface area contributed by atoms with Crippen molar-refractivity contribution in [2.24, 2.45) is 10.9 Å². The molecule has 0 bridgehead atoms. The second-order valence-electron chi connectivity index (χ2n) is 3.87. The highest BCUT2D eigenvalue weighted by Gasteiger charge is 2.02. The van der Waals surface area contributed by atoms with Crippen molar-refractivity contribution >= 4 is 20.7 Å². The van der Waals surface area contributed by atoms with Gasteiger partial charge in [-0.25, -0.2) is 0 Å². The third-order valence-corrected chi connectivity index (χ3v) is 3.06. The van der Waals surface area contributed by atoms with Crippen LogP contribution in [-0.4, -0.2) is 23.7 Å². The van der Waals surface area contributed by atoms with Crippen LogP contribution in [0.4, 0.5) is 0 Å². The lowest BCUT2D eigenvalue weighted by Crippen LogP contribution is -2.19. The number of rotatable bonds is 4. The normalized spacial score (nSPS) is 13.6. The summed E-state index contributed by atoms with van der Waals surface area (Å²) < 4.78 is 0.871. The van der Waals surface area contributed by atoms with Gasteiger partial charge >= 0.3 is 0 Å². The fraction of sp³-hybridized carbons (Fsp3) is 0.727. The van der Waals surface area contributed by atoms with E-state index in [1.54, 1.807) is 7.05 Å². The molecule has 0 N–H and O–H groups in total. The minimum absolute atomic E-state index is 0.771. The van der Waals surface area contributed by atoms with Crippen molar-refractivity contribution in [3.63, 3.8) is 0 Å². The van der Waals surface area contributed by atoms with Gasteiger partial charge in [-0.2, -0.15) is 0 Å². The molecule has 0 unspecified atom stereocenters.